The van der Waals surface area contributed by atoms with Crippen LogP contribution in [0.2, 0.25) is 0 Å². The predicted octanol–water partition coefficient (Wildman–Crippen LogP) is 1.91. The number of nitrogens with zero attached hydrogens (tertiary/aromatic N) is 2. The molecule has 1 aliphatic rings. The summed E-state index contributed by atoms with van der Waals surface area (Å²) in [6.07, 6.45) is 1.38. The van der Waals surface area contributed by atoms with E-state index >= 15 is 0 Å². The lowest BCUT2D eigenvalue weighted by atomic mass is 10.2. The fourth-order valence-corrected chi connectivity index (χ4v) is 6.28. The number of sulfonamides is 2. The molecule has 1 amide bonds. The summed E-state index contributed by atoms with van der Waals surface area (Å²) in [6.45, 7) is 1.16. The second kappa shape index (κ2) is 11.9. The van der Waals surface area contributed by atoms with Gasteiger partial charge in [-0.15, -0.1) is 0 Å². The Balaban J connectivity index is 1.67. The Morgan fingerprint density at radius 3 is 2.28 bits per heavy atom. The summed E-state index contributed by atoms with van der Waals surface area (Å²) in [5.41, 5.74) is 0.759. The van der Waals surface area contributed by atoms with E-state index in [1.807, 2.05) is 0 Å². The predicted molar refractivity (Wildman–Crippen MR) is 136 cm³/mol. The molecule has 2 aromatic rings. The van der Waals surface area contributed by atoms with Gasteiger partial charge in [-0.3, -0.25) is 9.10 Å². The first-order valence-electron chi connectivity index (χ1n) is 11.2. The lowest BCUT2D eigenvalue weighted by Crippen LogP contribution is -2.40. The molecule has 198 valence electrons. The van der Waals surface area contributed by atoms with Crippen molar-refractivity contribution in [3.05, 3.63) is 42.5 Å². The van der Waals surface area contributed by atoms with Gasteiger partial charge < -0.3 is 19.5 Å². The minimum absolute atomic E-state index is 0.0275. The summed E-state index contributed by atoms with van der Waals surface area (Å²) >= 11 is 0. The van der Waals surface area contributed by atoms with Crippen LogP contribution in [0.15, 0.2) is 47.4 Å². The van der Waals surface area contributed by atoms with Gasteiger partial charge in [-0.05, 0) is 48.9 Å². The third kappa shape index (κ3) is 6.87. The van der Waals surface area contributed by atoms with Crippen molar-refractivity contribution in [3.8, 4) is 11.5 Å². The Kier molecular flexibility index (Phi) is 9.17. The van der Waals surface area contributed by atoms with Crippen molar-refractivity contribution in [2.24, 2.45) is 0 Å². The van der Waals surface area contributed by atoms with Crippen molar-refractivity contribution in [2.75, 3.05) is 62.9 Å². The van der Waals surface area contributed by atoms with Crippen molar-refractivity contribution in [3.63, 3.8) is 0 Å². The number of amides is 1. The van der Waals surface area contributed by atoms with E-state index in [9.17, 15) is 21.6 Å². The monoisotopic (exact) mass is 541 g/mol. The van der Waals surface area contributed by atoms with Crippen molar-refractivity contribution in [1.82, 2.24) is 4.31 Å². The highest BCUT2D eigenvalue weighted by Crippen LogP contribution is 2.30. The molecule has 3 rings (SSSR count). The van der Waals surface area contributed by atoms with Crippen molar-refractivity contribution >= 4 is 37.3 Å². The van der Waals surface area contributed by atoms with Gasteiger partial charge in [-0.2, -0.15) is 4.31 Å². The normalized spacial score (nSPS) is 14.8. The molecule has 11 nitrogen and oxygen atoms in total. The number of hydrogen-bond acceptors (Lipinski definition) is 8. The molecule has 0 bridgehead atoms. The number of anilines is 2. The van der Waals surface area contributed by atoms with Crippen LogP contribution in [0.1, 0.15) is 12.8 Å². The molecule has 0 unspecified atom stereocenters. The average molecular weight is 542 g/mol. The zero-order valence-corrected chi connectivity index (χ0v) is 22.1. The largest absolute Gasteiger partial charge is 0.497 e. The van der Waals surface area contributed by atoms with Gasteiger partial charge >= 0.3 is 0 Å². The van der Waals surface area contributed by atoms with E-state index < -0.39 is 20.0 Å². The van der Waals surface area contributed by atoms with E-state index in [-0.39, 0.29) is 49.0 Å². The highest BCUT2D eigenvalue weighted by Gasteiger charge is 2.29. The van der Waals surface area contributed by atoms with E-state index in [2.05, 4.69) is 5.32 Å². The number of benzene rings is 2. The summed E-state index contributed by atoms with van der Waals surface area (Å²) in [5.74, 6) is 0.391. The number of methoxy groups -OCH3 is 2. The van der Waals surface area contributed by atoms with Crippen LogP contribution in [0.25, 0.3) is 0 Å². The molecule has 1 aliphatic heterocycles. The Hall–Kier alpha value is -2.87. The highest BCUT2D eigenvalue weighted by molar-refractivity contribution is 7.92. The molecule has 0 aliphatic carbocycles. The molecule has 0 atom stereocenters. The fourth-order valence-electron chi connectivity index (χ4n) is 3.72. The first-order valence-corrected chi connectivity index (χ1v) is 14.5. The first-order chi connectivity index (χ1) is 17.1. The van der Waals surface area contributed by atoms with Crippen LogP contribution in [0.4, 0.5) is 11.4 Å². The summed E-state index contributed by atoms with van der Waals surface area (Å²) in [6, 6.07) is 11.0. The zero-order valence-electron chi connectivity index (χ0n) is 20.5. The fraction of sp³-hybridized carbons (Fsp3) is 0.435. The minimum atomic E-state index is -3.85. The number of ether oxygens (including phenoxy) is 3. The summed E-state index contributed by atoms with van der Waals surface area (Å²) < 4.78 is 69.0. The standard InChI is InChI=1S/C23H31N3O8S2/c1-32-20-9-7-19(8-10-20)26(35(3,28)29)12-4-5-23(27)24-18-6-11-21(33-2)22(17-18)36(30,31)25-13-15-34-16-14-25/h6-11,17H,4-5,12-16H2,1-3H3,(H,24,27). The Bertz CT molecular complexity index is 1260. The third-order valence-corrected chi connectivity index (χ3v) is 8.67. The van der Waals surface area contributed by atoms with Crippen LogP contribution in [0.3, 0.4) is 0 Å². The number of morpholine rings is 1. The van der Waals surface area contributed by atoms with Crippen LogP contribution >= 0.6 is 0 Å². The summed E-state index contributed by atoms with van der Waals surface area (Å²) in [7, 11) is -4.52. The van der Waals surface area contributed by atoms with Crippen molar-refractivity contribution < 1.29 is 35.8 Å². The van der Waals surface area contributed by atoms with E-state index in [4.69, 9.17) is 14.2 Å². The minimum Gasteiger partial charge on any atom is -0.497 e. The van der Waals surface area contributed by atoms with Gasteiger partial charge in [-0.1, -0.05) is 0 Å². The number of carbonyl (C=O) groups excluding carboxylic acids is 1. The van der Waals surface area contributed by atoms with Crippen LogP contribution in [0, 0.1) is 0 Å². The van der Waals surface area contributed by atoms with Crippen LogP contribution in [0.5, 0.6) is 11.5 Å². The smallest absolute Gasteiger partial charge is 0.246 e. The van der Waals surface area contributed by atoms with Gasteiger partial charge in [0.2, 0.25) is 26.0 Å². The van der Waals surface area contributed by atoms with E-state index in [0.717, 1.165) is 6.26 Å². The second-order valence-corrected chi connectivity index (χ2v) is 11.9. The van der Waals surface area contributed by atoms with E-state index in [1.54, 1.807) is 30.3 Å². The molecule has 2 aromatic carbocycles. The average Bonchev–Trinajstić information content (AvgIpc) is 2.86. The number of rotatable bonds is 11. The van der Waals surface area contributed by atoms with Gasteiger partial charge in [0.1, 0.15) is 16.4 Å². The maximum absolute atomic E-state index is 13.1. The maximum atomic E-state index is 13.1. The third-order valence-electron chi connectivity index (χ3n) is 5.56. The Morgan fingerprint density at radius 1 is 1.03 bits per heavy atom. The molecule has 0 saturated carbocycles. The quantitative estimate of drug-likeness (QED) is 0.456. The Morgan fingerprint density at radius 2 is 1.69 bits per heavy atom. The molecular formula is C23H31N3O8S2. The second-order valence-electron chi connectivity index (χ2n) is 8.07. The maximum Gasteiger partial charge on any atom is 0.246 e. The first kappa shape index (κ1) is 27.7. The molecule has 13 heteroatoms. The summed E-state index contributed by atoms with van der Waals surface area (Å²) in [5, 5.41) is 2.69. The molecule has 0 aromatic heterocycles. The SMILES string of the molecule is COc1ccc(N(CCCC(=O)Nc2ccc(OC)c(S(=O)(=O)N3CCOCC3)c2)S(C)(=O)=O)cc1. The van der Waals surface area contributed by atoms with Gasteiger partial charge in [0.15, 0.2) is 0 Å². The molecule has 0 radical (unpaired) electrons. The molecule has 1 fully saturated rings. The zero-order chi connectivity index (χ0) is 26.3. The summed E-state index contributed by atoms with van der Waals surface area (Å²) in [4.78, 5) is 12.5. The van der Waals surface area contributed by atoms with Gasteiger partial charge in [-0.25, -0.2) is 16.8 Å². The number of hydrogen-bond donors (Lipinski definition) is 1. The Labute approximate surface area is 212 Å². The molecule has 1 N–H and O–H groups in total. The van der Waals surface area contributed by atoms with Crippen molar-refractivity contribution in [2.45, 2.75) is 17.7 Å². The number of carbonyl (C=O) groups is 1. The molecule has 36 heavy (non-hydrogen) atoms. The molecule has 0 spiro atoms. The van der Waals surface area contributed by atoms with Crippen molar-refractivity contribution in [1.29, 1.82) is 0 Å². The van der Waals surface area contributed by atoms with Gasteiger partial charge in [0, 0.05) is 31.7 Å². The van der Waals surface area contributed by atoms with Gasteiger partial charge in [0.05, 0.1) is 39.4 Å². The van der Waals surface area contributed by atoms with Crippen LogP contribution in [-0.2, 0) is 29.6 Å². The molecule has 1 heterocycles. The lowest BCUT2D eigenvalue weighted by molar-refractivity contribution is -0.116. The molecule has 1 saturated heterocycles. The topological polar surface area (TPSA) is 132 Å². The van der Waals surface area contributed by atoms with Crippen LogP contribution in [-0.4, -0.2) is 80.4 Å². The van der Waals surface area contributed by atoms with Crippen LogP contribution < -0.4 is 19.1 Å². The highest BCUT2D eigenvalue weighted by atomic mass is 32.2. The van der Waals surface area contributed by atoms with E-state index in [1.165, 1.54) is 35.0 Å². The lowest BCUT2D eigenvalue weighted by Gasteiger charge is -2.26. The molecular weight excluding hydrogens is 510 g/mol. The van der Waals surface area contributed by atoms with E-state index in [0.29, 0.717) is 30.3 Å². The number of nitrogens with one attached hydrogen (secondary N) is 1. The van der Waals surface area contributed by atoms with Gasteiger partial charge in [0.25, 0.3) is 0 Å².